The molecule has 0 aliphatic rings. The fourth-order valence-corrected chi connectivity index (χ4v) is 1.48. The molecule has 0 saturated heterocycles. The van der Waals surface area contributed by atoms with Crippen molar-refractivity contribution >= 4 is 17.4 Å². The van der Waals surface area contributed by atoms with Crippen LogP contribution in [0.25, 0.3) is 5.78 Å². The van der Waals surface area contributed by atoms with Crippen LogP contribution in [-0.2, 0) is 6.42 Å². The van der Waals surface area contributed by atoms with Crippen molar-refractivity contribution in [3.63, 3.8) is 0 Å². The van der Waals surface area contributed by atoms with Gasteiger partial charge in [-0.25, -0.2) is 9.97 Å². The van der Waals surface area contributed by atoms with Crippen LogP contribution in [0.5, 0.6) is 0 Å². The van der Waals surface area contributed by atoms with E-state index in [0.717, 1.165) is 5.69 Å². The Kier molecular flexibility index (Phi) is 2.35. The first-order chi connectivity index (χ1) is 6.68. The van der Waals surface area contributed by atoms with Crippen LogP contribution >= 0.6 is 11.6 Å². The van der Waals surface area contributed by atoms with Gasteiger partial charge < -0.3 is 5.73 Å². The summed E-state index contributed by atoms with van der Waals surface area (Å²) in [6.45, 7) is 1.90. The fourth-order valence-electron chi connectivity index (χ4n) is 1.24. The van der Waals surface area contributed by atoms with Crippen LogP contribution in [0.15, 0.2) is 12.4 Å². The standard InChI is InChI=1S/C8H10ClN5/c1-5(10)4-6-7(9)14-8(13-6)11-2-3-12-14/h2-3,5H,4,10H2,1H3. The van der Waals surface area contributed by atoms with Crippen molar-refractivity contribution in [1.29, 1.82) is 0 Å². The lowest BCUT2D eigenvalue weighted by Gasteiger charge is -2.00. The highest BCUT2D eigenvalue weighted by atomic mass is 35.5. The van der Waals surface area contributed by atoms with Gasteiger partial charge in [0, 0.05) is 12.5 Å². The Hall–Kier alpha value is -1.20. The van der Waals surface area contributed by atoms with Gasteiger partial charge in [-0.05, 0) is 6.92 Å². The molecule has 6 heteroatoms. The molecular weight excluding hydrogens is 202 g/mol. The maximum absolute atomic E-state index is 6.04. The molecule has 74 valence electrons. The molecule has 0 bridgehead atoms. The number of aromatic nitrogens is 4. The molecule has 0 fully saturated rings. The molecule has 2 aromatic rings. The van der Waals surface area contributed by atoms with E-state index in [1.165, 1.54) is 4.52 Å². The summed E-state index contributed by atoms with van der Waals surface area (Å²) in [4.78, 5) is 8.26. The van der Waals surface area contributed by atoms with Crippen LogP contribution in [0.4, 0.5) is 0 Å². The Bertz CT molecular complexity index is 450. The third kappa shape index (κ3) is 1.56. The first-order valence-electron chi connectivity index (χ1n) is 4.28. The summed E-state index contributed by atoms with van der Waals surface area (Å²) in [5.74, 6) is 0.508. The van der Waals surface area contributed by atoms with E-state index < -0.39 is 0 Å². The van der Waals surface area contributed by atoms with Crippen molar-refractivity contribution in [2.75, 3.05) is 0 Å². The van der Waals surface area contributed by atoms with Gasteiger partial charge in [-0.1, -0.05) is 11.6 Å². The molecule has 0 saturated carbocycles. The smallest absolute Gasteiger partial charge is 0.252 e. The van der Waals surface area contributed by atoms with Gasteiger partial charge in [-0.3, -0.25) is 0 Å². The quantitative estimate of drug-likeness (QED) is 0.793. The number of hydrogen-bond donors (Lipinski definition) is 1. The Morgan fingerprint density at radius 3 is 3.00 bits per heavy atom. The first-order valence-corrected chi connectivity index (χ1v) is 4.66. The predicted molar refractivity (Wildman–Crippen MR) is 53.1 cm³/mol. The largest absolute Gasteiger partial charge is 0.328 e. The third-order valence-corrected chi connectivity index (χ3v) is 2.18. The van der Waals surface area contributed by atoms with E-state index in [9.17, 15) is 0 Å². The lowest BCUT2D eigenvalue weighted by molar-refractivity contribution is 0.725. The van der Waals surface area contributed by atoms with E-state index in [1.807, 2.05) is 6.92 Å². The van der Waals surface area contributed by atoms with Gasteiger partial charge in [0.25, 0.3) is 5.78 Å². The van der Waals surface area contributed by atoms with Crippen molar-refractivity contribution < 1.29 is 0 Å². The van der Waals surface area contributed by atoms with Crippen LogP contribution in [0.1, 0.15) is 12.6 Å². The first kappa shape index (κ1) is 9.36. The number of nitrogens with zero attached hydrogens (tertiary/aromatic N) is 4. The molecule has 0 aliphatic heterocycles. The molecule has 1 atom stereocenters. The van der Waals surface area contributed by atoms with Gasteiger partial charge in [-0.2, -0.15) is 9.61 Å². The molecule has 1 unspecified atom stereocenters. The topological polar surface area (TPSA) is 69.1 Å². The van der Waals surface area contributed by atoms with E-state index in [4.69, 9.17) is 17.3 Å². The highest BCUT2D eigenvalue weighted by molar-refractivity contribution is 6.30. The summed E-state index contributed by atoms with van der Waals surface area (Å²) in [5, 5.41) is 4.52. The van der Waals surface area contributed by atoms with Crippen molar-refractivity contribution in [3.8, 4) is 0 Å². The Labute approximate surface area is 85.9 Å². The fraction of sp³-hybridized carbons (Fsp3) is 0.375. The minimum absolute atomic E-state index is 0.0254. The van der Waals surface area contributed by atoms with E-state index in [2.05, 4.69) is 15.1 Å². The molecule has 0 aromatic carbocycles. The third-order valence-electron chi connectivity index (χ3n) is 1.80. The van der Waals surface area contributed by atoms with Gasteiger partial charge in [-0.15, -0.1) is 0 Å². The van der Waals surface area contributed by atoms with Gasteiger partial charge in [0.2, 0.25) is 0 Å². The Morgan fingerprint density at radius 1 is 1.57 bits per heavy atom. The zero-order valence-corrected chi connectivity index (χ0v) is 8.44. The molecule has 0 radical (unpaired) electrons. The summed E-state index contributed by atoms with van der Waals surface area (Å²) in [6, 6.07) is 0.0254. The van der Waals surface area contributed by atoms with Crippen molar-refractivity contribution in [2.24, 2.45) is 5.73 Å². The highest BCUT2D eigenvalue weighted by Gasteiger charge is 2.12. The Balaban J connectivity index is 2.51. The van der Waals surface area contributed by atoms with Gasteiger partial charge in [0.1, 0.15) is 0 Å². The number of rotatable bonds is 2. The minimum Gasteiger partial charge on any atom is -0.328 e. The lowest BCUT2D eigenvalue weighted by Crippen LogP contribution is -2.18. The molecule has 0 aliphatic carbocycles. The monoisotopic (exact) mass is 211 g/mol. The van der Waals surface area contributed by atoms with Gasteiger partial charge in [0.15, 0.2) is 5.15 Å². The normalized spacial score (nSPS) is 13.4. The maximum atomic E-state index is 6.04. The maximum Gasteiger partial charge on any atom is 0.252 e. The van der Waals surface area contributed by atoms with Crippen molar-refractivity contribution in [3.05, 3.63) is 23.2 Å². The molecule has 2 heterocycles. The molecule has 2 aromatic heterocycles. The predicted octanol–water partition coefficient (Wildman–Crippen LogP) is 0.667. The summed E-state index contributed by atoms with van der Waals surface area (Å²) in [5.41, 5.74) is 6.41. The summed E-state index contributed by atoms with van der Waals surface area (Å²) in [7, 11) is 0. The molecular formula is C8H10ClN5. The summed E-state index contributed by atoms with van der Waals surface area (Å²) in [6.07, 6.45) is 3.77. The van der Waals surface area contributed by atoms with Crippen LogP contribution in [0.2, 0.25) is 5.15 Å². The number of hydrogen-bond acceptors (Lipinski definition) is 4. The summed E-state index contributed by atoms with van der Waals surface area (Å²) < 4.78 is 1.50. The zero-order valence-electron chi connectivity index (χ0n) is 7.68. The lowest BCUT2D eigenvalue weighted by atomic mass is 10.2. The number of halogens is 1. The average molecular weight is 212 g/mol. The second kappa shape index (κ2) is 3.51. The van der Waals surface area contributed by atoms with Gasteiger partial charge in [0.05, 0.1) is 18.1 Å². The number of imidazole rings is 1. The Morgan fingerprint density at radius 2 is 2.36 bits per heavy atom. The van der Waals surface area contributed by atoms with E-state index in [-0.39, 0.29) is 6.04 Å². The molecule has 2 N–H and O–H groups in total. The van der Waals surface area contributed by atoms with E-state index in [1.54, 1.807) is 12.4 Å². The van der Waals surface area contributed by atoms with Crippen LogP contribution in [0.3, 0.4) is 0 Å². The molecule has 0 amide bonds. The van der Waals surface area contributed by atoms with Crippen LogP contribution in [-0.4, -0.2) is 25.6 Å². The molecule has 2 rings (SSSR count). The number of nitrogens with two attached hydrogens (primary N) is 1. The zero-order chi connectivity index (χ0) is 10.1. The minimum atomic E-state index is 0.0254. The van der Waals surface area contributed by atoms with E-state index >= 15 is 0 Å². The van der Waals surface area contributed by atoms with Crippen LogP contribution in [0, 0.1) is 0 Å². The molecule has 5 nitrogen and oxygen atoms in total. The van der Waals surface area contributed by atoms with Crippen molar-refractivity contribution in [1.82, 2.24) is 19.6 Å². The molecule has 14 heavy (non-hydrogen) atoms. The van der Waals surface area contributed by atoms with Gasteiger partial charge >= 0.3 is 0 Å². The highest BCUT2D eigenvalue weighted by Crippen LogP contribution is 2.16. The van der Waals surface area contributed by atoms with E-state index in [0.29, 0.717) is 17.4 Å². The number of fused-ring (bicyclic) bond motifs is 1. The van der Waals surface area contributed by atoms with Crippen molar-refractivity contribution in [2.45, 2.75) is 19.4 Å². The SMILES string of the molecule is CC(N)Cc1nc2nccnn2c1Cl. The second-order valence-electron chi connectivity index (χ2n) is 3.19. The van der Waals surface area contributed by atoms with Crippen LogP contribution < -0.4 is 5.73 Å². The average Bonchev–Trinajstić information content (AvgIpc) is 2.44. The summed E-state index contributed by atoms with van der Waals surface area (Å²) >= 11 is 6.04. The second-order valence-corrected chi connectivity index (χ2v) is 3.54. The molecule has 0 spiro atoms.